The van der Waals surface area contributed by atoms with Crippen molar-refractivity contribution < 1.29 is 0 Å². The topological polar surface area (TPSA) is 89.8 Å². The molecule has 23 heavy (non-hydrogen) atoms. The van der Waals surface area contributed by atoms with Crippen LogP contribution in [0.1, 0.15) is 23.2 Å². The lowest BCUT2D eigenvalue weighted by molar-refractivity contribution is 0.420. The minimum atomic E-state index is 0.262. The van der Waals surface area contributed by atoms with Gasteiger partial charge in [0, 0.05) is 12.1 Å². The SMILES string of the molecule is Nc1nc(N)c2c(n1)CCC(CNCc1ccc(Cl)c(Cl)c1)C2. The van der Waals surface area contributed by atoms with Crippen molar-refractivity contribution in [1.29, 1.82) is 0 Å². The van der Waals surface area contributed by atoms with Gasteiger partial charge in [-0.15, -0.1) is 0 Å². The van der Waals surface area contributed by atoms with E-state index in [4.69, 9.17) is 34.7 Å². The Bertz CT molecular complexity index is 720. The largest absolute Gasteiger partial charge is 0.383 e. The van der Waals surface area contributed by atoms with Crippen LogP contribution in [0.5, 0.6) is 0 Å². The van der Waals surface area contributed by atoms with E-state index in [1.165, 1.54) is 0 Å². The average molecular weight is 352 g/mol. The number of rotatable bonds is 4. The second-order valence-electron chi connectivity index (χ2n) is 5.88. The third-order valence-electron chi connectivity index (χ3n) is 4.17. The zero-order chi connectivity index (χ0) is 16.4. The lowest BCUT2D eigenvalue weighted by atomic mass is 9.86. The number of nitrogens with two attached hydrogens (primary N) is 2. The van der Waals surface area contributed by atoms with Crippen LogP contribution in [-0.2, 0) is 19.4 Å². The highest BCUT2D eigenvalue weighted by molar-refractivity contribution is 6.42. The Kier molecular flexibility index (Phi) is 4.90. The molecule has 0 aliphatic heterocycles. The van der Waals surface area contributed by atoms with Crippen molar-refractivity contribution in [2.75, 3.05) is 18.0 Å². The number of aryl methyl sites for hydroxylation is 1. The Morgan fingerprint density at radius 3 is 2.78 bits per heavy atom. The number of nitrogens with zero attached hydrogens (tertiary/aromatic N) is 2. The fourth-order valence-electron chi connectivity index (χ4n) is 2.97. The molecule has 0 fully saturated rings. The van der Waals surface area contributed by atoms with Crippen molar-refractivity contribution in [2.24, 2.45) is 5.92 Å². The summed E-state index contributed by atoms with van der Waals surface area (Å²) in [5.41, 5.74) is 14.8. The molecule has 0 spiro atoms. The molecule has 0 bridgehead atoms. The van der Waals surface area contributed by atoms with Crippen LogP contribution >= 0.6 is 23.2 Å². The van der Waals surface area contributed by atoms with Crippen LogP contribution < -0.4 is 16.8 Å². The van der Waals surface area contributed by atoms with Crippen molar-refractivity contribution in [2.45, 2.75) is 25.8 Å². The zero-order valence-electron chi connectivity index (χ0n) is 12.6. The van der Waals surface area contributed by atoms with E-state index in [0.717, 1.165) is 49.2 Å². The summed E-state index contributed by atoms with van der Waals surface area (Å²) >= 11 is 12.0. The molecule has 0 saturated heterocycles. The summed E-state index contributed by atoms with van der Waals surface area (Å²) < 4.78 is 0. The Morgan fingerprint density at radius 1 is 1.17 bits per heavy atom. The maximum Gasteiger partial charge on any atom is 0.222 e. The molecule has 1 aliphatic carbocycles. The van der Waals surface area contributed by atoms with Crippen molar-refractivity contribution in [3.05, 3.63) is 45.1 Å². The number of anilines is 2. The fourth-order valence-corrected chi connectivity index (χ4v) is 3.30. The molecule has 1 unspecified atom stereocenters. The van der Waals surface area contributed by atoms with Gasteiger partial charge in [-0.1, -0.05) is 29.3 Å². The molecular weight excluding hydrogens is 333 g/mol. The molecule has 0 radical (unpaired) electrons. The van der Waals surface area contributed by atoms with Crippen molar-refractivity contribution in [3.8, 4) is 0 Å². The van der Waals surface area contributed by atoms with Gasteiger partial charge in [-0.25, -0.2) is 4.98 Å². The number of hydrogen-bond acceptors (Lipinski definition) is 5. The van der Waals surface area contributed by atoms with Crippen LogP contribution in [0.2, 0.25) is 10.0 Å². The standard InChI is InChI=1S/C16H19Cl2N5/c17-12-3-1-10(6-13(12)18)8-21-7-9-2-4-14-11(5-9)15(19)23-16(20)22-14/h1,3,6,9,21H,2,4-5,7-8H2,(H4,19,20,22,23). The Hall–Kier alpha value is -1.56. The first kappa shape index (κ1) is 16.3. The van der Waals surface area contributed by atoms with Gasteiger partial charge in [0.25, 0.3) is 0 Å². The smallest absolute Gasteiger partial charge is 0.222 e. The van der Waals surface area contributed by atoms with Gasteiger partial charge < -0.3 is 16.8 Å². The normalized spacial score (nSPS) is 17.0. The summed E-state index contributed by atoms with van der Waals surface area (Å²) in [6.07, 6.45) is 2.85. The summed E-state index contributed by atoms with van der Waals surface area (Å²) in [5.74, 6) is 1.29. The maximum absolute atomic E-state index is 6.03. The molecule has 5 nitrogen and oxygen atoms in total. The summed E-state index contributed by atoms with van der Waals surface area (Å²) in [7, 11) is 0. The van der Waals surface area contributed by atoms with E-state index in [0.29, 0.717) is 21.8 Å². The first-order valence-electron chi connectivity index (χ1n) is 7.58. The third-order valence-corrected chi connectivity index (χ3v) is 4.91. The van der Waals surface area contributed by atoms with Gasteiger partial charge in [0.1, 0.15) is 5.82 Å². The molecule has 122 valence electrons. The molecule has 1 aromatic carbocycles. The van der Waals surface area contributed by atoms with E-state index in [-0.39, 0.29) is 5.95 Å². The number of benzene rings is 1. The number of hydrogen-bond donors (Lipinski definition) is 3. The number of nitrogens with one attached hydrogen (secondary N) is 1. The van der Waals surface area contributed by atoms with Crippen molar-refractivity contribution in [3.63, 3.8) is 0 Å². The van der Waals surface area contributed by atoms with Gasteiger partial charge in [0.15, 0.2) is 0 Å². The highest BCUT2D eigenvalue weighted by Gasteiger charge is 2.22. The molecule has 1 aromatic heterocycles. The van der Waals surface area contributed by atoms with E-state index < -0.39 is 0 Å². The Morgan fingerprint density at radius 2 is 2.00 bits per heavy atom. The third kappa shape index (κ3) is 3.86. The maximum atomic E-state index is 6.03. The molecule has 1 atom stereocenters. The van der Waals surface area contributed by atoms with Gasteiger partial charge in [0.2, 0.25) is 5.95 Å². The van der Waals surface area contributed by atoms with Crippen molar-refractivity contribution in [1.82, 2.24) is 15.3 Å². The lowest BCUT2D eigenvalue weighted by Gasteiger charge is -2.25. The summed E-state index contributed by atoms with van der Waals surface area (Å²) in [6.45, 7) is 1.66. The second kappa shape index (κ2) is 6.91. The highest BCUT2D eigenvalue weighted by atomic mass is 35.5. The number of aromatic nitrogens is 2. The lowest BCUT2D eigenvalue weighted by Crippen LogP contribution is -2.28. The molecule has 0 amide bonds. The minimum absolute atomic E-state index is 0.262. The Labute approximate surface area is 145 Å². The fraction of sp³-hybridized carbons (Fsp3) is 0.375. The van der Waals surface area contributed by atoms with Gasteiger partial charge >= 0.3 is 0 Å². The van der Waals surface area contributed by atoms with Crippen LogP contribution in [0.15, 0.2) is 18.2 Å². The molecule has 0 saturated carbocycles. The summed E-state index contributed by atoms with van der Waals surface area (Å²) in [5, 5.41) is 4.63. The van der Waals surface area contributed by atoms with E-state index in [1.54, 1.807) is 0 Å². The van der Waals surface area contributed by atoms with Gasteiger partial charge in [-0.2, -0.15) is 4.98 Å². The molecular formula is C16H19Cl2N5. The van der Waals surface area contributed by atoms with E-state index in [1.807, 2.05) is 18.2 Å². The quantitative estimate of drug-likeness (QED) is 0.787. The Balaban J connectivity index is 1.56. The molecule has 7 heteroatoms. The van der Waals surface area contributed by atoms with Crippen LogP contribution in [0.4, 0.5) is 11.8 Å². The van der Waals surface area contributed by atoms with E-state index in [2.05, 4.69) is 15.3 Å². The van der Waals surface area contributed by atoms with Gasteiger partial charge in [0.05, 0.1) is 15.7 Å². The van der Waals surface area contributed by atoms with Gasteiger partial charge in [-0.3, -0.25) is 0 Å². The van der Waals surface area contributed by atoms with Gasteiger partial charge in [-0.05, 0) is 49.4 Å². The summed E-state index contributed by atoms with van der Waals surface area (Å²) in [4.78, 5) is 8.36. The second-order valence-corrected chi connectivity index (χ2v) is 6.69. The minimum Gasteiger partial charge on any atom is -0.383 e. The average Bonchev–Trinajstić information content (AvgIpc) is 2.51. The number of halogens is 2. The van der Waals surface area contributed by atoms with Crippen LogP contribution in [0, 0.1) is 5.92 Å². The zero-order valence-corrected chi connectivity index (χ0v) is 14.2. The first-order valence-corrected chi connectivity index (χ1v) is 8.34. The van der Waals surface area contributed by atoms with E-state index >= 15 is 0 Å². The monoisotopic (exact) mass is 351 g/mol. The highest BCUT2D eigenvalue weighted by Crippen LogP contribution is 2.28. The first-order chi connectivity index (χ1) is 11.0. The molecule has 5 N–H and O–H groups in total. The van der Waals surface area contributed by atoms with Crippen LogP contribution in [0.25, 0.3) is 0 Å². The van der Waals surface area contributed by atoms with Crippen molar-refractivity contribution >= 4 is 35.0 Å². The molecule has 3 rings (SSSR count). The van der Waals surface area contributed by atoms with E-state index in [9.17, 15) is 0 Å². The summed E-state index contributed by atoms with van der Waals surface area (Å²) in [6, 6.07) is 5.69. The number of nitrogen functional groups attached to an aromatic ring is 2. The molecule has 2 aromatic rings. The van der Waals surface area contributed by atoms with Crippen LogP contribution in [-0.4, -0.2) is 16.5 Å². The molecule has 1 heterocycles. The predicted molar refractivity (Wildman–Crippen MR) is 94.5 cm³/mol. The predicted octanol–water partition coefficient (Wildman–Crippen LogP) is 2.84. The number of fused-ring (bicyclic) bond motifs is 1. The molecule has 1 aliphatic rings. The van der Waals surface area contributed by atoms with Crippen LogP contribution in [0.3, 0.4) is 0 Å².